The molecule has 2 rings (SSSR count). The maximum absolute atomic E-state index is 6.20. The van der Waals surface area contributed by atoms with E-state index in [4.69, 9.17) is 16.3 Å². The lowest BCUT2D eigenvalue weighted by Crippen LogP contribution is -2.08. The van der Waals surface area contributed by atoms with E-state index in [1.54, 1.807) is 11.3 Å². The van der Waals surface area contributed by atoms with Crippen LogP contribution in [-0.4, -0.2) is 12.0 Å². The third kappa shape index (κ3) is 3.72. The fourth-order valence-corrected chi connectivity index (χ4v) is 2.88. The molecule has 3 nitrogen and oxygen atoms in total. The standard InChI is InChI=1S/C15H19ClN2OS/c1-10(2)15-18-11(9-20-15)8-19-14-6-4-5-13(16)12(14)7-17-3/h4-6,9-10,17H,7-8H2,1-3H3. The minimum absolute atomic E-state index is 0.458. The van der Waals surface area contributed by atoms with Crippen molar-refractivity contribution in [2.45, 2.75) is 32.9 Å². The third-order valence-electron chi connectivity index (χ3n) is 2.87. The molecule has 0 fully saturated rings. The molecular formula is C15H19ClN2OS. The van der Waals surface area contributed by atoms with Gasteiger partial charge in [0.15, 0.2) is 0 Å². The average molecular weight is 311 g/mol. The number of nitrogens with zero attached hydrogens (tertiary/aromatic N) is 1. The normalized spacial score (nSPS) is 11.1. The van der Waals surface area contributed by atoms with Crippen LogP contribution in [0, 0.1) is 0 Å². The molecule has 0 saturated heterocycles. The number of thiazole rings is 1. The van der Waals surface area contributed by atoms with Gasteiger partial charge in [0.05, 0.1) is 10.7 Å². The summed E-state index contributed by atoms with van der Waals surface area (Å²) in [5.41, 5.74) is 1.95. The number of aromatic nitrogens is 1. The van der Waals surface area contributed by atoms with Gasteiger partial charge in [-0.25, -0.2) is 4.98 Å². The second-order valence-corrected chi connectivity index (χ2v) is 6.16. The molecule has 5 heteroatoms. The first-order valence-electron chi connectivity index (χ1n) is 6.61. The summed E-state index contributed by atoms with van der Waals surface area (Å²) in [6, 6.07) is 5.71. The number of hydrogen-bond donors (Lipinski definition) is 1. The lowest BCUT2D eigenvalue weighted by atomic mass is 10.2. The van der Waals surface area contributed by atoms with Gasteiger partial charge in [0.1, 0.15) is 12.4 Å². The van der Waals surface area contributed by atoms with Gasteiger partial charge in [0, 0.05) is 28.4 Å². The van der Waals surface area contributed by atoms with Crippen LogP contribution in [0.15, 0.2) is 23.6 Å². The van der Waals surface area contributed by atoms with Crippen LogP contribution in [0.25, 0.3) is 0 Å². The van der Waals surface area contributed by atoms with Crippen molar-refractivity contribution in [3.63, 3.8) is 0 Å². The van der Waals surface area contributed by atoms with Crippen LogP contribution in [-0.2, 0) is 13.2 Å². The summed E-state index contributed by atoms with van der Waals surface area (Å²) in [5, 5.41) is 7.02. The van der Waals surface area contributed by atoms with E-state index in [2.05, 4.69) is 29.5 Å². The molecule has 1 aromatic carbocycles. The molecule has 0 amide bonds. The van der Waals surface area contributed by atoms with Crippen molar-refractivity contribution in [3.8, 4) is 5.75 Å². The highest BCUT2D eigenvalue weighted by Gasteiger charge is 2.10. The third-order valence-corrected chi connectivity index (χ3v) is 4.42. The molecule has 0 aliphatic heterocycles. The highest BCUT2D eigenvalue weighted by molar-refractivity contribution is 7.09. The summed E-state index contributed by atoms with van der Waals surface area (Å²) >= 11 is 7.88. The Hall–Kier alpha value is -1.10. The van der Waals surface area contributed by atoms with Gasteiger partial charge in [-0.05, 0) is 19.2 Å². The first kappa shape index (κ1) is 15.3. The molecule has 20 heavy (non-hydrogen) atoms. The predicted octanol–water partition coefficient (Wildman–Crippen LogP) is 4.22. The van der Waals surface area contributed by atoms with Crippen LogP contribution in [0.4, 0.5) is 0 Å². The molecule has 1 heterocycles. The predicted molar refractivity (Wildman–Crippen MR) is 84.8 cm³/mol. The molecule has 1 N–H and O–H groups in total. The second-order valence-electron chi connectivity index (χ2n) is 4.87. The summed E-state index contributed by atoms with van der Waals surface area (Å²) < 4.78 is 5.87. The zero-order valence-electron chi connectivity index (χ0n) is 11.9. The zero-order chi connectivity index (χ0) is 14.5. The van der Waals surface area contributed by atoms with Crippen LogP contribution in [0.1, 0.15) is 36.0 Å². The van der Waals surface area contributed by atoms with Crippen LogP contribution < -0.4 is 10.1 Å². The highest BCUT2D eigenvalue weighted by atomic mass is 35.5. The van der Waals surface area contributed by atoms with Gasteiger partial charge in [0.25, 0.3) is 0 Å². The fourth-order valence-electron chi connectivity index (χ4n) is 1.83. The van der Waals surface area contributed by atoms with Crippen molar-refractivity contribution in [1.82, 2.24) is 10.3 Å². The zero-order valence-corrected chi connectivity index (χ0v) is 13.5. The molecule has 0 unspecified atom stereocenters. The van der Waals surface area contributed by atoms with Crippen molar-refractivity contribution in [3.05, 3.63) is 44.9 Å². The highest BCUT2D eigenvalue weighted by Crippen LogP contribution is 2.27. The topological polar surface area (TPSA) is 34.1 Å². The van der Waals surface area contributed by atoms with E-state index in [0.29, 0.717) is 19.1 Å². The van der Waals surface area contributed by atoms with E-state index < -0.39 is 0 Å². The minimum atomic E-state index is 0.458. The van der Waals surface area contributed by atoms with Gasteiger partial charge in [-0.2, -0.15) is 0 Å². The summed E-state index contributed by atoms with van der Waals surface area (Å²) in [6.07, 6.45) is 0. The van der Waals surface area contributed by atoms with Crippen molar-refractivity contribution in [2.75, 3.05) is 7.05 Å². The number of nitrogens with one attached hydrogen (secondary N) is 1. The quantitative estimate of drug-likeness (QED) is 0.867. The Kier molecular flexibility index (Phi) is 5.40. The lowest BCUT2D eigenvalue weighted by molar-refractivity contribution is 0.298. The SMILES string of the molecule is CNCc1c(Cl)cccc1OCc1csc(C(C)C)n1. The molecule has 0 atom stereocenters. The fraction of sp³-hybridized carbons (Fsp3) is 0.400. The van der Waals surface area contributed by atoms with Crippen LogP contribution in [0.3, 0.4) is 0 Å². The van der Waals surface area contributed by atoms with Gasteiger partial charge in [-0.3, -0.25) is 0 Å². The summed E-state index contributed by atoms with van der Waals surface area (Å²) in [5.74, 6) is 1.27. The number of rotatable bonds is 6. The Morgan fingerprint density at radius 1 is 1.40 bits per heavy atom. The number of benzene rings is 1. The molecule has 0 saturated carbocycles. The Balaban J connectivity index is 2.08. The summed E-state index contributed by atoms with van der Waals surface area (Å²) in [7, 11) is 1.89. The minimum Gasteiger partial charge on any atom is -0.487 e. The van der Waals surface area contributed by atoms with E-state index in [1.807, 2.05) is 25.2 Å². The van der Waals surface area contributed by atoms with Gasteiger partial charge >= 0.3 is 0 Å². The largest absolute Gasteiger partial charge is 0.487 e. The average Bonchev–Trinajstić information content (AvgIpc) is 2.89. The van der Waals surface area contributed by atoms with Gasteiger partial charge < -0.3 is 10.1 Å². The monoisotopic (exact) mass is 310 g/mol. The van der Waals surface area contributed by atoms with E-state index in [1.165, 1.54) is 0 Å². The maximum Gasteiger partial charge on any atom is 0.131 e. The smallest absolute Gasteiger partial charge is 0.131 e. The number of ether oxygens (including phenoxy) is 1. The molecule has 0 spiro atoms. The molecule has 0 bridgehead atoms. The van der Waals surface area contributed by atoms with Crippen LogP contribution in [0.5, 0.6) is 5.75 Å². The van der Waals surface area contributed by atoms with E-state index in [9.17, 15) is 0 Å². The van der Waals surface area contributed by atoms with E-state index in [0.717, 1.165) is 27.0 Å². The van der Waals surface area contributed by atoms with Gasteiger partial charge in [-0.15, -0.1) is 11.3 Å². The lowest BCUT2D eigenvalue weighted by Gasteiger charge is -2.11. The van der Waals surface area contributed by atoms with Gasteiger partial charge in [-0.1, -0.05) is 31.5 Å². The summed E-state index contributed by atoms with van der Waals surface area (Å²) in [4.78, 5) is 4.57. The Morgan fingerprint density at radius 3 is 2.85 bits per heavy atom. The molecule has 2 aromatic rings. The van der Waals surface area contributed by atoms with Crippen molar-refractivity contribution in [2.24, 2.45) is 0 Å². The molecule has 0 aliphatic rings. The van der Waals surface area contributed by atoms with Gasteiger partial charge in [0.2, 0.25) is 0 Å². The summed E-state index contributed by atoms with van der Waals surface area (Å²) in [6.45, 7) is 5.44. The van der Waals surface area contributed by atoms with Crippen molar-refractivity contribution >= 4 is 22.9 Å². The maximum atomic E-state index is 6.20. The molecule has 0 aliphatic carbocycles. The number of hydrogen-bond acceptors (Lipinski definition) is 4. The van der Waals surface area contributed by atoms with E-state index in [-0.39, 0.29) is 0 Å². The molecule has 1 aromatic heterocycles. The Bertz CT molecular complexity index is 569. The van der Waals surface area contributed by atoms with Crippen LogP contribution in [0.2, 0.25) is 5.02 Å². The Morgan fingerprint density at radius 2 is 2.20 bits per heavy atom. The van der Waals surface area contributed by atoms with Crippen molar-refractivity contribution < 1.29 is 4.74 Å². The number of halogens is 1. The second kappa shape index (κ2) is 7.07. The molecular weight excluding hydrogens is 292 g/mol. The van der Waals surface area contributed by atoms with E-state index >= 15 is 0 Å². The van der Waals surface area contributed by atoms with Crippen LogP contribution >= 0.6 is 22.9 Å². The first-order valence-corrected chi connectivity index (χ1v) is 7.86. The van der Waals surface area contributed by atoms with Crippen molar-refractivity contribution in [1.29, 1.82) is 0 Å². The first-order chi connectivity index (χ1) is 9.61. The molecule has 108 valence electrons. The Labute approximate surface area is 129 Å². The molecule has 0 radical (unpaired) electrons.